The second kappa shape index (κ2) is 6.52. The van der Waals surface area contributed by atoms with Crippen LogP contribution in [0.5, 0.6) is 0 Å². The lowest BCUT2D eigenvalue weighted by Gasteiger charge is -2.01. The highest BCUT2D eigenvalue weighted by Crippen LogP contribution is 2.25. The van der Waals surface area contributed by atoms with E-state index in [1.54, 1.807) is 18.2 Å². The first-order chi connectivity index (χ1) is 9.99. The molecule has 0 radical (unpaired) electrons. The van der Waals surface area contributed by atoms with Crippen LogP contribution < -0.4 is 0 Å². The normalized spacial score (nSPS) is 10.8. The van der Waals surface area contributed by atoms with Gasteiger partial charge in [-0.15, -0.1) is 0 Å². The van der Waals surface area contributed by atoms with E-state index in [2.05, 4.69) is 0 Å². The first-order valence-corrected chi connectivity index (χ1v) is 6.65. The largest absolute Gasteiger partial charge is 0.289 e. The maximum absolute atomic E-state index is 12.0. The summed E-state index contributed by atoms with van der Waals surface area (Å²) >= 11 is 12.0. The van der Waals surface area contributed by atoms with Gasteiger partial charge in [0.1, 0.15) is 0 Å². The van der Waals surface area contributed by atoms with Crippen molar-refractivity contribution in [3.8, 4) is 0 Å². The molecule has 0 heterocycles. The van der Waals surface area contributed by atoms with E-state index in [1.165, 1.54) is 36.4 Å². The van der Waals surface area contributed by atoms with Crippen LogP contribution in [0.3, 0.4) is 0 Å². The Morgan fingerprint density at radius 3 is 2.33 bits per heavy atom. The molecule has 0 aliphatic rings. The molecular weight excluding hydrogens is 313 g/mol. The Hall–Kier alpha value is -2.17. The third kappa shape index (κ3) is 3.68. The minimum atomic E-state index is -0.550. The molecule has 0 unspecified atom stereocenters. The summed E-state index contributed by atoms with van der Waals surface area (Å²) in [6.45, 7) is 0. The van der Waals surface area contributed by atoms with Crippen molar-refractivity contribution in [2.24, 2.45) is 0 Å². The van der Waals surface area contributed by atoms with E-state index in [4.69, 9.17) is 23.2 Å². The van der Waals surface area contributed by atoms with Crippen molar-refractivity contribution in [1.82, 2.24) is 0 Å². The molecule has 2 rings (SSSR count). The summed E-state index contributed by atoms with van der Waals surface area (Å²) < 4.78 is 0. The van der Waals surface area contributed by atoms with Crippen molar-refractivity contribution in [2.75, 3.05) is 0 Å². The number of nitro benzene ring substituents is 1. The number of hydrogen-bond donors (Lipinski definition) is 0. The number of non-ortho nitro benzene ring substituents is 1. The van der Waals surface area contributed by atoms with Gasteiger partial charge in [-0.1, -0.05) is 41.4 Å². The highest BCUT2D eigenvalue weighted by atomic mass is 35.5. The SMILES string of the molecule is O=C(/C=C\c1c(Cl)cccc1Cl)c1cccc([N+](=O)[O-])c1. The smallest absolute Gasteiger partial charge is 0.270 e. The molecular formula is C15H9Cl2NO3. The van der Waals surface area contributed by atoms with Gasteiger partial charge in [0.05, 0.1) is 4.92 Å². The van der Waals surface area contributed by atoms with Gasteiger partial charge in [-0.2, -0.15) is 0 Å². The Morgan fingerprint density at radius 1 is 1.10 bits per heavy atom. The van der Waals surface area contributed by atoms with Gasteiger partial charge in [0.2, 0.25) is 0 Å². The zero-order chi connectivity index (χ0) is 15.4. The third-order valence-corrected chi connectivity index (χ3v) is 3.40. The van der Waals surface area contributed by atoms with Gasteiger partial charge < -0.3 is 0 Å². The summed E-state index contributed by atoms with van der Waals surface area (Å²) in [5.41, 5.74) is 0.619. The molecule has 6 heteroatoms. The van der Waals surface area contributed by atoms with Crippen LogP contribution >= 0.6 is 23.2 Å². The lowest BCUT2D eigenvalue weighted by molar-refractivity contribution is -0.384. The predicted octanol–water partition coefficient (Wildman–Crippen LogP) is 4.80. The molecule has 2 aromatic rings. The van der Waals surface area contributed by atoms with E-state index in [9.17, 15) is 14.9 Å². The van der Waals surface area contributed by atoms with Gasteiger partial charge in [0.15, 0.2) is 5.78 Å². The maximum Gasteiger partial charge on any atom is 0.270 e. The highest BCUT2D eigenvalue weighted by molar-refractivity contribution is 6.37. The van der Waals surface area contributed by atoms with E-state index >= 15 is 0 Å². The monoisotopic (exact) mass is 321 g/mol. The number of halogens is 2. The van der Waals surface area contributed by atoms with E-state index < -0.39 is 4.92 Å². The van der Waals surface area contributed by atoms with Crippen LogP contribution in [0.15, 0.2) is 48.5 Å². The van der Waals surface area contributed by atoms with E-state index in [0.717, 1.165) is 0 Å². The summed E-state index contributed by atoms with van der Waals surface area (Å²) in [4.78, 5) is 22.2. The van der Waals surface area contributed by atoms with Gasteiger partial charge in [0, 0.05) is 33.3 Å². The molecule has 0 spiro atoms. The van der Waals surface area contributed by atoms with Crippen LogP contribution in [0, 0.1) is 10.1 Å². The number of rotatable bonds is 4. The van der Waals surface area contributed by atoms with Gasteiger partial charge in [-0.3, -0.25) is 14.9 Å². The number of benzene rings is 2. The van der Waals surface area contributed by atoms with Crippen molar-refractivity contribution in [3.63, 3.8) is 0 Å². The fourth-order valence-electron chi connectivity index (χ4n) is 1.70. The van der Waals surface area contributed by atoms with Crippen molar-refractivity contribution in [3.05, 3.63) is 79.8 Å². The minimum absolute atomic E-state index is 0.134. The third-order valence-electron chi connectivity index (χ3n) is 2.74. The van der Waals surface area contributed by atoms with Crippen molar-refractivity contribution in [1.29, 1.82) is 0 Å². The Bertz CT molecular complexity index is 721. The van der Waals surface area contributed by atoms with Crippen molar-refractivity contribution < 1.29 is 9.72 Å². The molecule has 4 nitrogen and oxygen atoms in total. The second-order valence-electron chi connectivity index (χ2n) is 4.14. The molecule has 0 saturated carbocycles. The Labute approximate surface area is 130 Å². The fourth-order valence-corrected chi connectivity index (χ4v) is 2.22. The summed E-state index contributed by atoms with van der Waals surface area (Å²) in [7, 11) is 0. The van der Waals surface area contributed by atoms with Crippen LogP contribution in [0.4, 0.5) is 5.69 Å². The highest BCUT2D eigenvalue weighted by Gasteiger charge is 2.10. The van der Waals surface area contributed by atoms with Crippen LogP contribution in [-0.4, -0.2) is 10.7 Å². The number of hydrogen-bond acceptors (Lipinski definition) is 3. The lowest BCUT2D eigenvalue weighted by atomic mass is 10.1. The molecule has 0 atom stereocenters. The summed E-state index contributed by atoms with van der Waals surface area (Å²) in [5.74, 6) is -0.366. The lowest BCUT2D eigenvalue weighted by Crippen LogP contribution is -1.96. The van der Waals surface area contributed by atoms with E-state index in [1.807, 2.05) is 0 Å². The molecule has 0 N–H and O–H groups in total. The van der Waals surface area contributed by atoms with E-state index in [-0.39, 0.29) is 17.0 Å². The van der Waals surface area contributed by atoms with Crippen molar-refractivity contribution in [2.45, 2.75) is 0 Å². The molecule has 0 bridgehead atoms. The Morgan fingerprint density at radius 2 is 1.71 bits per heavy atom. The average molecular weight is 322 g/mol. The molecule has 106 valence electrons. The molecule has 0 fully saturated rings. The van der Waals surface area contributed by atoms with E-state index in [0.29, 0.717) is 15.6 Å². The zero-order valence-electron chi connectivity index (χ0n) is 10.6. The summed E-state index contributed by atoms with van der Waals surface area (Å²) in [5, 5.41) is 11.5. The molecule has 21 heavy (non-hydrogen) atoms. The quantitative estimate of drug-likeness (QED) is 0.352. The van der Waals surface area contributed by atoms with Gasteiger partial charge >= 0.3 is 0 Å². The van der Waals surface area contributed by atoms with Crippen LogP contribution in [0.1, 0.15) is 15.9 Å². The maximum atomic E-state index is 12.0. The Kier molecular flexibility index (Phi) is 4.73. The van der Waals surface area contributed by atoms with Crippen LogP contribution in [-0.2, 0) is 0 Å². The van der Waals surface area contributed by atoms with Crippen LogP contribution in [0.25, 0.3) is 6.08 Å². The zero-order valence-corrected chi connectivity index (χ0v) is 12.1. The number of carbonyl (C=O) groups is 1. The molecule has 0 aliphatic carbocycles. The molecule has 2 aromatic carbocycles. The fraction of sp³-hybridized carbons (Fsp3) is 0. The molecule has 0 aliphatic heterocycles. The number of carbonyl (C=O) groups excluding carboxylic acids is 1. The Balaban J connectivity index is 2.27. The topological polar surface area (TPSA) is 60.2 Å². The number of allylic oxidation sites excluding steroid dienone is 1. The average Bonchev–Trinajstić information content (AvgIpc) is 2.46. The first kappa shape index (κ1) is 15.2. The second-order valence-corrected chi connectivity index (χ2v) is 4.95. The first-order valence-electron chi connectivity index (χ1n) is 5.90. The van der Waals surface area contributed by atoms with Crippen molar-refractivity contribution >= 4 is 40.7 Å². The molecule has 0 aromatic heterocycles. The number of nitro groups is 1. The van der Waals surface area contributed by atoms with Crippen LogP contribution in [0.2, 0.25) is 10.0 Å². The van der Waals surface area contributed by atoms with Gasteiger partial charge in [0.25, 0.3) is 5.69 Å². The molecule has 0 amide bonds. The van der Waals surface area contributed by atoms with Gasteiger partial charge in [-0.25, -0.2) is 0 Å². The summed E-state index contributed by atoms with van der Waals surface area (Å²) in [6, 6.07) is 10.5. The summed E-state index contributed by atoms with van der Waals surface area (Å²) in [6.07, 6.45) is 2.78. The van der Waals surface area contributed by atoms with Gasteiger partial charge in [-0.05, 0) is 24.3 Å². The number of ketones is 1. The standard InChI is InChI=1S/C15H9Cl2NO3/c16-13-5-2-6-14(17)12(13)7-8-15(19)10-3-1-4-11(9-10)18(20)21/h1-9H/b8-7-. The molecule has 0 saturated heterocycles. The minimum Gasteiger partial charge on any atom is -0.289 e. The predicted molar refractivity (Wildman–Crippen MR) is 82.9 cm³/mol. The number of nitrogens with zero attached hydrogens (tertiary/aromatic N) is 1.